The van der Waals surface area contributed by atoms with Gasteiger partial charge in [0.2, 0.25) is 0 Å². The van der Waals surface area contributed by atoms with Crippen molar-refractivity contribution in [3.63, 3.8) is 0 Å². The van der Waals surface area contributed by atoms with Gasteiger partial charge >= 0.3 is 0 Å². The molecule has 0 N–H and O–H groups in total. The number of hydrogen-bond donors (Lipinski definition) is 0. The van der Waals surface area contributed by atoms with Gasteiger partial charge in [0.25, 0.3) is 0 Å². The average Bonchev–Trinajstić information content (AvgIpc) is 3.05. The predicted octanol–water partition coefficient (Wildman–Crippen LogP) is 5.93. The molecule has 4 aromatic rings. The zero-order valence-corrected chi connectivity index (χ0v) is 15.1. The lowest BCUT2D eigenvalue weighted by Crippen LogP contribution is -1.89. The molecular weight excluding hydrogens is 336 g/mol. The number of carbonyl (C=O) groups is 1. The Bertz CT molecular complexity index is 1160. The summed E-state index contributed by atoms with van der Waals surface area (Å²) >= 11 is 0. The smallest absolute Gasteiger partial charge is 0.187 e. The minimum absolute atomic E-state index is 0.00227. The number of imidazole rings is 1. The van der Waals surface area contributed by atoms with Crippen LogP contribution in [0.5, 0.6) is 0 Å². The van der Waals surface area contributed by atoms with E-state index in [4.69, 9.17) is 4.98 Å². The molecule has 0 fully saturated rings. The van der Waals surface area contributed by atoms with Gasteiger partial charge in [-0.1, -0.05) is 48.5 Å². The first kappa shape index (κ1) is 16.8. The van der Waals surface area contributed by atoms with Gasteiger partial charge in [0.05, 0.1) is 5.69 Å². The van der Waals surface area contributed by atoms with Crippen molar-refractivity contribution in [3.05, 3.63) is 84.1 Å². The number of aromatic nitrogens is 2. The van der Waals surface area contributed by atoms with E-state index in [1.807, 2.05) is 72.1 Å². The third-order valence-corrected chi connectivity index (χ3v) is 4.30. The highest BCUT2D eigenvalue weighted by molar-refractivity contribution is 5.94. The Morgan fingerprint density at radius 2 is 1.78 bits per heavy atom. The van der Waals surface area contributed by atoms with Crippen LogP contribution in [0.25, 0.3) is 16.9 Å². The Labute approximate surface area is 157 Å². The Morgan fingerprint density at radius 1 is 0.963 bits per heavy atom. The number of nitrogens with zero attached hydrogens (tertiary/aromatic N) is 4. The molecule has 2 aromatic carbocycles. The molecule has 5 heteroatoms. The Balaban J connectivity index is 1.86. The highest BCUT2D eigenvalue weighted by Crippen LogP contribution is 2.32. The Morgan fingerprint density at radius 3 is 2.56 bits per heavy atom. The van der Waals surface area contributed by atoms with Crippen molar-refractivity contribution in [1.82, 2.24) is 9.38 Å². The van der Waals surface area contributed by atoms with Gasteiger partial charge in [0, 0.05) is 17.3 Å². The second-order valence-electron chi connectivity index (χ2n) is 6.39. The summed E-state index contributed by atoms with van der Waals surface area (Å²) in [6.07, 6.45) is 2.00. The van der Waals surface area contributed by atoms with Gasteiger partial charge in [-0.2, -0.15) is 0 Å². The van der Waals surface area contributed by atoms with Crippen molar-refractivity contribution in [3.8, 4) is 11.3 Å². The summed E-state index contributed by atoms with van der Waals surface area (Å²) in [5.41, 5.74) is 4.91. The fourth-order valence-corrected chi connectivity index (χ4v) is 2.92. The van der Waals surface area contributed by atoms with Gasteiger partial charge in [-0.05, 0) is 37.6 Å². The molecule has 5 nitrogen and oxygen atoms in total. The van der Waals surface area contributed by atoms with Crippen LogP contribution in [0.2, 0.25) is 0 Å². The standard InChI is InChI=1S/C22H18N4O/c1-15-11-12-20-23-21(17-7-4-3-5-8-17)22(26(20)14-15)25-24-19-10-6-9-18(13-19)16(2)27/h3-14H,1-2H3. The predicted molar refractivity (Wildman–Crippen MR) is 106 cm³/mol. The molecule has 0 spiro atoms. The molecule has 2 heterocycles. The van der Waals surface area contributed by atoms with E-state index in [0.29, 0.717) is 17.1 Å². The Kier molecular flexibility index (Phi) is 4.34. The fraction of sp³-hybridized carbons (Fsp3) is 0.0909. The minimum Gasteiger partial charge on any atom is -0.295 e. The van der Waals surface area contributed by atoms with Crippen LogP contribution in [0.3, 0.4) is 0 Å². The van der Waals surface area contributed by atoms with Crippen LogP contribution in [0.15, 0.2) is 83.2 Å². The summed E-state index contributed by atoms with van der Waals surface area (Å²) in [6, 6.07) is 21.1. The van der Waals surface area contributed by atoms with Crippen molar-refractivity contribution in [1.29, 1.82) is 0 Å². The maximum atomic E-state index is 11.6. The molecule has 0 saturated carbocycles. The zero-order valence-electron chi connectivity index (χ0n) is 15.1. The van der Waals surface area contributed by atoms with Crippen LogP contribution in [0, 0.1) is 6.92 Å². The van der Waals surface area contributed by atoms with Gasteiger partial charge in [-0.3, -0.25) is 9.20 Å². The van der Waals surface area contributed by atoms with E-state index < -0.39 is 0 Å². The Hall–Kier alpha value is -3.60. The van der Waals surface area contributed by atoms with E-state index in [1.165, 1.54) is 6.92 Å². The third kappa shape index (κ3) is 3.40. The first-order chi connectivity index (χ1) is 13.1. The maximum absolute atomic E-state index is 11.6. The summed E-state index contributed by atoms with van der Waals surface area (Å²) in [4.78, 5) is 16.3. The lowest BCUT2D eigenvalue weighted by atomic mass is 10.1. The molecule has 2 aromatic heterocycles. The van der Waals surface area contributed by atoms with E-state index in [-0.39, 0.29) is 5.78 Å². The van der Waals surface area contributed by atoms with E-state index in [2.05, 4.69) is 10.2 Å². The van der Waals surface area contributed by atoms with Crippen molar-refractivity contribution in [2.45, 2.75) is 13.8 Å². The van der Waals surface area contributed by atoms with Gasteiger partial charge in [-0.25, -0.2) is 4.98 Å². The monoisotopic (exact) mass is 354 g/mol. The molecule has 0 saturated heterocycles. The van der Waals surface area contributed by atoms with Crippen molar-refractivity contribution in [2.24, 2.45) is 10.2 Å². The van der Waals surface area contributed by atoms with E-state index >= 15 is 0 Å². The molecule has 27 heavy (non-hydrogen) atoms. The molecule has 0 radical (unpaired) electrons. The largest absolute Gasteiger partial charge is 0.295 e. The molecule has 0 amide bonds. The van der Waals surface area contributed by atoms with Gasteiger partial charge in [0.1, 0.15) is 11.3 Å². The first-order valence-corrected chi connectivity index (χ1v) is 8.69. The number of pyridine rings is 1. The molecule has 4 rings (SSSR count). The summed E-state index contributed by atoms with van der Waals surface area (Å²) in [6.45, 7) is 3.57. The van der Waals surface area contributed by atoms with Crippen LogP contribution in [0.4, 0.5) is 11.5 Å². The maximum Gasteiger partial charge on any atom is 0.187 e. The molecule has 0 unspecified atom stereocenters. The SMILES string of the molecule is CC(=O)c1cccc(N=Nc2c(-c3ccccc3)nc3ccc(C)cn23)c1. The van der Waals surface area contributed by atoms with Crippen molar-refractivity contribution < 1.29 is 4.79 Å². The van der Waals surface area contributed by atoms with Crippen LogP contribution < -0.4 is 0 Å². The number of aryl methyl sites for hydroxylation is 1. The van der Waals surface area contributed by atoms with E-state index in [9.17, 15) is 4.79 Å². The number of carbonyl (C=O) groups excluding carboxylic acids is 1. The number of fused-ring (bicyclic) bond motifs is 1. The van der Waals surface area contributed by atoms with Crippen LogP contribution in [-0.2, 0) is 0 Å². The molecule has 0 bridgehead atoms. The van der Waals surface area contributed by atoms with Gasteiger partial charge < -0.3 is 0 Å². The summed E-state index contributed by atoms with van der Waals surface area (Å²) < 4.78 is 1.94. The molecule has 132 valence electrons. The molecule has 0 aliphatic rings. The fourth-order valence-electron chi connectivity index (χ4n) is 2.92. The second kappa shape index (κ2) is 6.96. The number of benzene rings is 2. The normalized spacial score (nSPS) is 11.3. The summed E-state index contributed by atoms with van der Waals surface area (Å²) in [5.74, 6) is 0.663. The molecule has 0 atom stereocenters. The van der Waals surface area contributed by atoms with E-state index in [0.717, 1.165) is 22.5 Å². The lowest BCUT2D eigenvalue weighted by Gasteiger charge is -2.01. The number of Topliss-reactive ketones (excluding diaryl/α,β-unsaturated/α-hetero) is 1. The lowest BCUT2D eigenvalue weighted by molar-refractivity contribution is 0.101. The topological polar surface area (TPSA) is 59.1 Å². The summed E-state index contributed by atoms with van der Waals surface area (Å²) in [7, 11) is 0. The minimum atomic E-state index is 0.00227. The van der Waals surface area contributed by atoms with Crippen LogP contribution >= 0.6 is 0 Å². The molecule has 0 aliphatic heterocycles. The number of ketones is 1. The zero-order chi connectivity index (χ0) is 18.8. The van der Waals surface area contributed by atoms with Crippen LogP contribution in [-0.4, -0.2) is 15.2 Å². The van der Waals surface area contributed by atoms with Crippen molar-refractivity contribution >= 4 is 22.9 Å². The third-order valence-electron chi connectivity index (χ3n) is 4.30. The second-order valence-corrected chi connectivity index (χ2v) is 6.39. The first-order valence-electron chi connectivity index (χ1n) is 8.69. The van der Waals surface area contributed by atoms with Gasteiger partial charge in [0.15, 0.2) is 11.6 Å². The average molecular weight is 354 g/mol. The summed E-state index contributed by atoms with van der Waals surface area (Å²) in [5, 5.41) is 8.87. The van der Waals surface area contributed by atoms with E-state index in [1.54, 1.807) is 12.1 Å². The van der Waals surface area contributed by atoms with Crippen molar-refractivity contribution in [2.75, 3.05) is 0 Å². The molecule has 0 aliphatic carbocycles. The van der Waals surface area contributed by atoms with Crippen LogP contribution in [0.1, 0.15) is 22.8 Å². The number of azo groups is 1. The highest BCUT2D eigenvalue weighted by Gasteiger charge is 2.14. The quantitative estimate of drug-likeness (QED) is 0.337. The molecular formula is C22H18N4O. The number of rotatable bonds is 4. The highest BCUT2D eigenvalue weighted by atomic mass is 16.1. The number of hydrogen-bond acceptors (Lipinski definition) is 4. The van der Waals surface area contributed by atoms with Gasteiger partial charge in [-0.15, -0.1) is 10.2 Å².